The lowest BCUT2D eigenvalue weighted by Gasteiger charge is -2.17. The molecular formula is C26H34N4O8S3. The lowest BCUT2D eigenvalue weighted by atomic mass is 10.2. The third-order valence-electron chi connectivity index (χ3n) is 5.96. The third kappa shape index (κ3) is 10.0. The number of aliphatic imine (C=N–C) groups is 1. The molecule has 0 radical (unpaired) electrons. The topological polar surface area (TPSA) is 169 Å². The van der Waals surface area contributed by atoms with Gasteiger partial charge >= 0.3 is 5.97 Å². The van der Waals surface area contributed by atoms with Crippen molar-refractivity contribution < 1.29 is 35.9 Å². The maximum atomic E-state index is 12.8. The fourth-order valence-corrected chi connectivity index (χ4v) is 6.64. The number of amides is 1. The zero-order valence-corrected chi connectivity index (χ0v) is 25.2. The van der Waals surface area contributed by atoms with Crippen molar-refractivity contribution in [1.29, 1.82) is 0 Å². The summed E-state index contributed by atoms with van der Waals surface area (Å²) in [4.78, 5) is 29.4. The number of hydrogen-bond acceptors (Lipinski definition) is 10. The quantitative estimate of drug-likeness (QED) is 0.283. The van der Waals surface area contributed by atoms with Crippen LogP contribution in [0.25, 0.3) is 0 Å². The van der Waals surface area contributed by atoms with Gasteiger partial charge in [0.1, 0.15) is 17.6 Å². The highest BCUT2D eigenvalue weighted by atomic mass is 32.2. The van der Waals surface area contributed by atoms with Gasteiger partial charge in [0.05, 0.1) is 16.9 Å². The molecule has 0 bridgehead atoms. The average molecular weight is 627 g/mol. The van der Waals surface area contributed by atoms with Crippen molar-refractivity contribution in [3.8, 4) is 5.75 Å². The Morgan fingerprint density at radius 2 is 1.76 bits per heavy atom. The van der Waals surface area contributed by atoms with Gasteiger partial charge in [0.25, 0.3) is 15.9 Å². The Morgan fingerprint density at radius 3 is 2.46 bits per heavy atom. The number of nitrogens with zero attached hydrogens (tertiary/aromatic N) is 1. The molecular weight excluding hydrogens is 593 g/mol. The van der Waals surface area contributed by atoms with Crippen molar-refractivity contribution in [2.24, 2.45) is 4.99 Å². The van der Waals surface area contributed by atoms with E-state index >= 15 is 0 Å². The van der Waals surface area contributed by atoms with E-state index in [0.717, 1.165) is 19.3 Å². The van der Waals surface area contributed by atoms with Crippen LogP contribution in [0.3, 0.4) is 0 Å². The van der Waals surface area contributed by atoms with Gasteiger partial charge in [-0.2, -0.15) is 16.5 Å². The summed E-state index contributed by atoms with van der Waals surface area (Å²) in [7, 11) is -6.53. The van der Waals surface area contributed by atoms with E-state index in [1.54, 1.807) is 0 Å². The van der Waals surface area contributed by atoms with Gasteiger partial charge in [-0.05, 0) is 73.7 Å². The maximum Gasteiger partial charge on any atom is 0.324 e. The van der Waals surface area contributed by atoms with Gasteiger partial charge in [-0.1, -0.05) is 12.5 Å². The summed E-state index contributed by atoms with van der Waals surface area (Å²) in [6.07, 6.45) is 5.21. The molecule has 224 valence electrons. The van der Waals surface area contributed by atoms with E-state index in [4.69, 9.17) is 9.47 Å². The number of esters is 1. The zero-order chi connectivity index (χ0) is 29.9. The number of hydrogen-bond donors (Lipinski definition) is 3. The molecule has 12 nitrogen and oxygen atoms in total. The molecule has 1 amide bonds. The van der Waals surface area contributed by atoms with Crippen LogP contribution in [0, 0.1) is 0 Å². The van der Waals surface area contributed by atoms with E-state index in [2.05, 4.69) is 19.8 Å². The maximum absolute atomic E-state index is 12.8. The standard InChI is InChI=1S/C26H34N4O8S3/c1-37-20-10-12-21(13-11-20)40(33,34)29-23(14-16-39-2)26(32)38-18-25(31)28-19-7-6-8-22(17-19)41(35,36)30-24-9-4-3-5-15-27-24/h6-8,10-13,17,23,29H,3-5,9,14-16,18H2,1-2H3,(H,27,30)(H,28,31)/t23-/m0/s1. The van der Waals surface area contributed by atoms with Crippen molar-refractivity contribution in [2.75, 3.05) is 37.6 Å². The number of ether oxygens (including phenoxy) is 2. The van der Waals surface area contributed by atoms with Gasteiger partial charge in [-0.25, -0.2) is 16.8 Å². The predicted octanol–water partition coefficient (Wildman–Crippen LogP) is 2.53. The monoisotopic (exact) mass is 626 g/mol. The van der Waals surface area contributed by atoms with Gasteiger partial charge in [-0.3, -0.25) is 19.3 Å². The number of carbonyl (C=O) groups excluding carboxylic acids is 2. The largest absolute Gasteiger partial charge is 0.497 e. The highest BCUT2D eigenvalue weighted by Gasteiger charge is 2.27. The molecule has 1 aliphatic rings. The highest BCUT2D eigenvalue weighted by molar-refractivity contribution is 7.98. The van der Waals surface area contributed by atoms with Gasteiger partial charge < -0.3 is 14.8 Å². The molecule has 2 aromatic rings. The average Bonchev–Trinajstić information content (AvgIpc) is 3.22. The third-order valence-corrected chi connectivity index (χ3v) is 9.47. The number of anilines is 1. The van der Waals surface area contributed by atoms with Gasteiger partial charge in [0.2, 0.25) is 10.0 Å². The van der Waals surface area contributed by atoms with Gasteiger partial charge in [0, 0.05) is 18.7 Å². The van der Waals surface area contributed by atoms with Crippen molar-refractivity contribution in [3.05, 3.63) is 48.5 Å². The Hall–Kier alpha value is -3.14. The Morgan fingerprint density at radius 1 is 1.00 bits per heavy atom. The van der Waals surface area contributed by atoms with Crippen molar-refractivity contribution >= 4 is 55.2 Å². The molecule has 0 saturated heterocycles. The molecule has 0 unspecified atom stereocenters. The SMILES string of the molecule is COc1ccc(S(=O)(=O)N[C@@H](CCSC)C(=O)OCC(=O)Nc2cccc(S(=O)(=O)NC3=NCCCCC3)c2)cc1. The van der Waals surface area contributed by atoms with E-state index in [-0.39, 0.29) is 21.9 Å². The van der Waals surface area contributed by atoms with E-state index in [9.17, 15) is 26.4 Å². The van der Waals surface area contributed by atoms with Crippen molar-refractivity contribution in [2.45, 2.75) is 47.9 Å². The Labute approximate surface area is 244 Å². The van der Waals surface area contributed by atoms with Crippen LogP contribution in [0.5, 0.6) is 5.75 Å². The number of thioether (sulfide) groups is 1. The first-order valence-corrected chi connectivity index (χ1v) is 17.2. The molecule has 41 heavy (non-hydrogen) atoms. The summed E-state index contributed by atoms with van der Waals surface area (Å²) in [5.74, 6) is -0.311. The Kier molecular flexibility index (Phi) is 12.0. The second kappa shape index (κ2) is 15.2. The lowest BCUT2D eigenvalue weighted by molar-refractivity contribution is -0.149. The van der Waals surface area contributed by atoms with Crippen LogP contribution < -0.4 is 19.5 Å². The predicted molar refractivity (Wildman–Crippen MR) is 157 cm³/mol. The number of methoxy groups -OCH3 is 1. The van der Waals surface area contributed by atoms with E-state index in [1.165, 1.54) is 67.4 Å². The fourth-order valence-electron chi connectivity index (χ4n) is 3.82. The molecule has 1 atom stereocenters. The van der Waals surface area contributed by atoms with Crippen LogP contribution >= 0.6 is 11.8 Å². The van der Waals surface area contributed by atoms with Crippen LogP contribution in [-0.4, -0.2) is 72.9 Å². The van der Waals surface area contributed by atoms with Crippen molar-refractivity contribution in [1.82, 2.24) is 9.44 Å². The lowest BCUT2D eigenvalue weighted by Crippen LogP contribution is -2.43. The fraction of sp³-hybridized carbons (Fsp3) is 0.423. The number of nitrogens with one attached hydrogen (secondary N) is 3. The van der Waals surface area contributed by atoms with Gasteiger partial charge in [-0.15, -0.1) is 0 Å². The summed E-state index contributed by atoms with van der Waals surface area (Å²) < 4.78 is 66.4. The minimum Gasteiger partial charge on any atom is -0.497 e. The first-order valence-electron chi connectivity index (χ1n) is 12.8. The van der Waals surface area contributed by atoms with Crippen LogP contribution in [0.2, 0.25) is 0 Å². The molecule has 2 aromatic carbocycles. The normalized spacial score (nSPS) is 14.7. The van der Waals surface area contributed by atoms with Crippen LogP contribution in [0.4, 0.5) is 5.69 Å². The highest BCUT2D eigenvalue weighted by Crippen LogP contribution is 2.18. The van der Waals surface area contributed by atoms with Gasteiger partial charge in [0.15, 0.2) is 6.61 Å². The summed E-state index contributed by atoms with van der Waals surface area (Å²) in [6.45, 7) is -0.140. The molecule has 0 fully saturated rings. The second-order valence-corrected chi connectivity index (χ2v) is 13.4. The number of amidine groups is 1. The summed E-state index contributed by atoms with van der Waals surface area (Å²) >= 11 is 1.42. The summed E-state index contributed by atoms with van der Waals surface area (Å²) in [5.41, 5.74) is 0.177. The minimum absolute atomic E-state index is 0.0616. The number of sulfonamides is 2. The zero-order valence-electron chi connectivity index (χ0n) is 22.8. The second-order valence-electron chi connectivity index (χ2n) is 9.06. The number of carbonyl (C=O) groups is 2. The molecule has 0 aromatic heterocycles. The Bertz CT molecular complexity index is 1450. The molecule has 0 aliphatic carbocycles. The molecule has 1 aliphatic heterocycles. The first kappa shape index (κ1) is 32.4. The van der Waals surface area contributed by atoms with Crippen molar-refractivity contribution in [3.63, 3.8) is 0 Å². The number of benzene rings is 2. The van der Waals surface area contributed by atoms with E-state index in [0.29, 0.717) is 30.3 Å². The molecule has 3 rings (SSSR count). The molecule has 1 heterocycles. The van der Waals surface area contributed by atoms with Crippen LogP contribution in [-0.2, 0) is 34.4 Å². The first-order chi connectivity index (χ1) is 19.5. The minimum atomic E-state index is -4.07. The molecule has 3 N–H and O–H groups in total. The van der Waals surface area contributed by atoms with Crippen LogP contribution in [0.1, 0.15) is 32.1 Å². The smallest absolute Gasteiger partial charge is 0.324 e. The molecule has 15 heteroatoms. The molecule has 0 saturated carbocycles. The number of rotatable bonds is 13. The van der Waals surface area contributed by atoms with E-state index in [1.807, 2.05) is 6.26 Å². The van der Waals surface area contributed by atoms with Crippen LogP contribution in [0.15, 0.2) is 63.3 Å². The summed E-state index contributed by atoms with van der Waals surface area (Å²) in [6, 6.07) is 10.1. The van der Waals surface area contributed by atoms with E-state index < -0.39 is 44.6 Å². The Balaban J connectivity index is 1.60. The summed E-state index contributed by atoms with van der Waals surface area (Å²) in [5, 5.41) is 2.50. The molecule has 0 spiro atoms.